The van der Waals surface area contributed by atoms with E-state index in [2.05, 4.69) is 15.5 Å². The van der Waals surface area contributed by atoms with Crippen LogP contribution >= 0.6 is 23.4 Å². The molecule has 2 aromatic carbocycles. The monoisotopic (exact) mass is 414 g/mol. The summed E-state index contributed by atoms with van der Waals surface area (Å²) in [6.45, 7) is 1.83. The molecule has 3 rings (SSSR count). The fourth-order valence-electron chi connectivity index (χ4n) is 2.14. The third-order valence-electron chi connectivity index (χ3n) is 3.53. The fraction of sp³-hybridized carbons (Fsp3) is 0.158. The molecular weight excluding hydrogens is 400 g/mol. The van der Waals surface area contributed by atoms with Gasteiger partial charge in [0.2, 0.25) is 5.91 Å². The Labute approximate surface area is 170 Å². The molecule has 0 saturated carbocycles. The number of benzene rings is 2. The summed E-state index contributed by atoms with van der Waals surface area (Å²) in [4.78, 5) is 12.3. The molecule has 0 spiro atoms. The smallest absolute Gasteiger partial charge is 0.277 e. The summed E-state index contributed by atoms with van der Waals surface area (Å²) in [5.74, 6) is 0.688. The van der Waals surface area contributed by atoms with Crippen LogP contribution < -0.4 is 10.1 Å². The van der Waals surface area contributed by atoms with Gasteiger partial charge in [0, 0.05) is 10.7 Å². The molecular formula is C19H15ClN4O3S. The lowest BCUT2D eigenvalue weighted by molar-refractivity contribution is -0.115. The van der Waals surface area contributed by atoms with Crippen molar-refractivity contribution >= 4 is 35.0 Å². The molecule has 1 heterocycles. The second kappa shape index (κ2) is 9.26. The number of carbonyl (C=O) groups excluding carboxylic acids is 1. The lowest BCUT2D eigenvalue weighted by Gasteiger charge is -2.10. The first-order valence-corrected chi connectivity index (χ1v) is 9.47. The van der Waals surface area contributed by atoms with Crippen LogP contribution in [0.5, 0.6) is 5.75 Å². The van der Waals surface area contributed by atoms with E-state index < -0.39 is 5.25 Å². The number of ether oxygens (including phenoxy) is 1. The van der Waals surface area contributed by atoms with Crippen LogP contribution in [0.1, 0.15) is 18.4 Å². The number of thioether (sulfide) groups is 1. The average Bonchev–Trinajstić information content (AvgIpc) is 3.15. The molecule has 0 radical (unpaired) electrons. The summed E-state index contributed by atoms with van der Waals surface area (Å²) in [7, 11) is 0. The van der Waals surface area contributed by atoms with Gasteiger partial charge in [0.05, 0.1) is 16.9 Å². The highest BCUT2D eigenvalue weighted by Crippen LogP contribution is 2.24. The molecule has 9 heteroatoms. The molecule has 0 bridgehead atoms. The van der Waals surface area contributed by atoms with Gasteiger partial charge in [-0.05, 0) is 49.4 Å². The van der Waals surface area contributed by atoms with Crippen molar-refractivity contribution < 1.29 is 13.9 Å². The van der Waals surface area contributed by atoms with Crippen molar-refractivity contribution in [3.05, 3.63) is 65.0 Å². The molecule has 0 aliphatic rings. The van der Waals surface area contributed by atoms with E-state index in [9.17, 15) is 4.79 Å². The summed E-state index contributed by atoms with van der Waals surface area (Å²) >= 11 is 6.96. The van der Waals surface area contributed by atoms with Crippen LogP contribution in [-0.4, -0.2) is 21.4 Å². The van der Waals surface area contributed by atoms with Crippen molar-refractivity contribution in [2.75, 3.05) is 5.32 Å². The van der Waals surface area contributed by atoms with E-state index in [0.29, 0.717) is 27.9 Å². The third kappa shape index (κ3) is 5.49. The minimum Gasteiger partial charge on any atom is -0.484 e. The highest BCUT2D eigenvalue weighted by atomic mass is 35.5. The van der Waals surface area contributed by atoms with Gasteiger partial charge in [-0.25, -0.2) is 0 Å². The van der Waals surface area contributed by atoms with E-state index in [-0.39, 0.29) is 17.7 Å². The summed E-state index contributed by atoms with van der Waals surface area (Å²) < 4.78 is 11.0. The quantitative estimate of drug-likeness (QED) is 0.575. The maximum Gasteiger partial charge on any atom is 0.277 e. The molecule has 7 nitrogen and oxygen atoms in total. The van der Waals surface area contributed by atoms with Gasteiger partial charge in [-0.2, -0.15) is 5.26 Å². The Morgan fingerprint density at radius 2 is 2.11 bits per heavy atom. The van der Waals surface area contributed by atoms with Gasteiger partial charge in [-0.15, -0.1) is 10.2 Å². The van der Waals surface area contributed by atoms with Gasteiger partial charge >= 0.3 is 0 Å². The number of nitrogens with zero attached hydrogens (tertiary/aromatic N) is 3. The zero-order chi connectivity index (χ0) is 19.9. The number of nitrogens with one attached hydrogen (secondary N) is 1. The highest BCUT2D eigenvalue weighted by Gasteiger charge is 2.19. The molecule has 3 aromatic rings. The predicted octanol–water partition coefficient (Wildman–Crippen LogP) is 4.29. The number of aromatic nitrogens is 2. The SMILES string of the molecule is CC(Sc1nnc(COc2ccc(Cl)cc2)o1)C(=O)Nc1cccc(C#N)c1. The van der Waals surface area contributed by atoms with Crippen LogP contribution in [0.15, 0.2) is 58.2 Å². The van der Waals surface area contributed by atoms with E-state index in [4.69, 9.17) is 26.0 Å². The average molecular weight is 415 g/mol. The molecule has 0 aliphatic carbocycles. The van der Waals surface area contributed by atoms with Crippen LogP contribution in [0.3, 0.4) is 0 Å². The number of rotatable bonds is 7. The van der Waals surface area contributed by atoms with E-state index in [0.717, 1.165) is 11.8 Å². The summed E-state index contributed by atoms with van der Waals surface area (Å²) in [5, 5.41) is 19.9. The first-order chi connectivity index (χ1) is 13.5. The van der Waals surface area contributed by atoms with Crippen molar-refractivity contribution in [1.29, 1.82) is 5.26 Å². The second-order valence-corrected chi connectivity index (χ2v) is 7.37. The van der Waals surface area contributed by atoms with Gasteiger partial charge in [0.1, 0.15) is 5.75 Å². The number of hydrogen-bond donors (Lipinski definition) is 1. The lowest BCUT2D eigenvalue weighted by atomic mass is 10.2. The minimum absolute atomic E-state index is 0.108. The molecule has 1 atom stereocenters. The molecule has 1 aromatic heterocycles. The van der Waals surface area contributed by atoms with Crippen LogP contribution in [-0.2, 0) is 11.4 Å². The number of halogens is 1. The normalized spacial score (nSPS) is 11.5. The van der Waals surface area contributed by atoms with Crippen LogP contribution in [0, 0.1) is 11.3 Å². The number of amides is 1. The fourth-order valence-corrected chi connectivity index (χ4v) is 2.96. The van der Waals surface area contributed by atoms with Gasteiger partial charge in [-0.1, -0.05) is 29.4 Å². The Hall–Kier alpha value is -3.02. The molecule has 0 saturated heterocycles. The van der Waals surface area contributed by atoms with Crippen LogP contribution in [0.4, 0.5) is 5.69 Å². The van der Waals surface area contributed by atoms with E-state index in [1.54, 1.807) is 55.5 Å². The van der Waals surface area contributed by atoms with Gasteiger partial charge in [0.15, 0.2) is 6.61 Å². The first-order valence-electron chi connectivity index (χ1n) is 8.22. The first kappa shape index (κ1) is 19.7. The second-order valence-electron chi connectivity index (χ2n) is 5.65. The maximum absolute atomic E-state index is 12.3. The molecule has 0 fully saturated rings. The van der Waals surface area contributed by atoms with Crippen molar-refractivity contribution in [3.8, 4) is 11.8 Å². The standard InChI is InChI=1S/C19H15ClN4O3S/c1-12(18(25)22-15-4-2-3-13(9-15)10-21)28-19-24-23-17(27-19)11-26-16-7-5-14(20)6-8-16/h2-9,12H,11H2,1H3,(H,22,25). The number of anilines is 1. The number of carbonyl (C=O) groups is 1. The van der Waals surface area contributed by atoms with Gasteiger partial charge in [-0.3, -0.25) is 4.79 Å². The molecule has 1 unspecified atom stereocenters. The molecule has 0 aliphatic heterocycles. The lowest BCUT2D eigenvalue weighted by Crippen LogP contribution is -2.22. The zero-order valence-corrected chi connectivity index (χ0v) is 16.3. The van der Waals surface area contributed by atoms with Gasteiger partial charge in [0.25, 0.3) is 11.1 Å². The Morgan fingerprint density at radius 1 is 1.32 bits per heavy atom. The molecule has 1 N–H and O–H groups in total. The van der Waals surface area contributed by atoms with Crippen molar-refractivity contribution in [2.45, 2.75) is 24.0 Å². The Balaban J connectivity index is 1.52. The zero-order valence-electron chi connectivity index (χ0n) is 14.8. The number of nitriles is 1. The Morgan fingerprint density at radius 3 is 2.86 bits per heavy atom. The summed E-state index contributed by atoms with van der Waals surface area (Å²) in [6, 6.07) is 15.6. The molecule has 142 valence electrons. The predicted molar refractivity (Wildman–Crippen MR) is 105 cm³/mol. The molecule has 28 heavy (non-hydrogen) atoms. The molecule has 1 amide bonds. The summed E-state index contributed by atoms with van der Waals surface area (Å²) in [6.07, 6.45) is 0. The van der Waals surface area contributed by atoms with E-state index in [1.165, 1.54) is 0 Å². The number of hydrogen-bond acceptors (Lipinski definition) is 7. The third-order valence-corrected chi connectivity index (χ3v) is 4.72. The summed E-state index contributed by atoms with van der Waals surface area (Å²) in [5.41, 5.74) is 1.03. The van der Waals surface area contributed by atoms with Crippen molar-refractivity contribution in [2.24, 2.45) is 0 Å². The van der Waals surface area contributed by atoms with Crippen LogP contribution in [0.2, 0.25) is 5.02 Å². The minimum atomic E-state index is -0.476. The topological polar surface area (TPSA) is 101 Å². The Bertz CT molecular complexity index is 1000. The largest absolute Gasteiger partial charge is 0.484 e. The van der Waals surface area contributed by atoms with Crippen molar-refractivity contribution in [3.63, 3.8) is 0 Å². The maximum atomic E-state index is 12.3. The van der Waals surface area contributed by atoms with Crippen LogP contribution in [0.25, 0.3) is 0 Å². The van der Waals surface area contributed by atoms with E-state index in [1.807, 2.05) is 6.07 Å². The van der Waals surface area contributed by atoms with Gasteiger partial charge < -0.3 is 14.5 Å². The van der Waals surface area contributed by atoms with Crippen molar-refractivity contribution in [1.82, 2.24) is 10.2 Å². The highest BCUT2D eigenvalue weighted by molar-refractivity contribution is 8.00. The van der Waals surface area contributed by atoms with E-state index >= 15 is 0 Å². The Kier molecular flexibility index (Phi) is 6.53.